The molecular weight excluding hydrogens is 188 g/mol. The molecule has 1 fully saturated rings. The first-order chi connectivity index (χ1) is 7.13. The Hall–Kier alpha value is -0.570. The third-order valence-electron chi connectivity index (χ3n) is 3.40. The van der Waals surface area contributed by atoms with Crippen molar-refractivity contribution < 1.29 is 4.79 Å². The maximum Gasteiger partial charge on any atom is 0.220 e. The smallest absolute Gasteiger partial charge is 0.220 e. The van der Waals surface area contributed by atoms with Crippen LogP contribution in [0, 0.1) is 11.8 Å². The van der Waals surface area contributed by atoms with Gasteiger partial charge in [0.25, 0.3) is 0 Å². The molecule has 0 aromatic carbocycles. The summed E-state index contributed by atoms with van der Waals surface area (Å²) in [6, 6.07) is 0.329. The minimum atomic E-state index is 0.213. The zero-order chi connectivity index (χ0) is 11.3. The molecule has 2 N–H and O–H groups in total. The number of hydrogen-bond acceptors (Lipinski definition) is 2. The molecule has 1 heterocycles. The van der Waals surface area contributed by atoms with Crippen LogP contribution in [0.3, 0.4) is 0 Å². The third-order valence-corrected chi connectivity index (χ3v) is 3.40. The van der Waals surface area contributed by atoms with Gasteiger partial charge in [-0.1, -0.05) is 27.2 Å². The molecule has 0 saturated carbocycles. The van der Waals surface area contributed by atoms with Gasteiger partial charge in [0.1, 0.15) is 0 Å². The SMILES string of the molecule is CCC(C)CC(=O)NC1CNCCC1C. The van der Waals surface area contributed by atoms with E-state index in [2.05, 4.69) is 31.4 Å². The van der Waals surface area contributed by atoms with E-state index in [0.29, 0.717) is 24.3 Å². The Balaban J connectivity index is 2.29. The maximum atomic E-state index is 11.7. The van der Waals surface area contributed by atoms with E-state index in [0.717, 1.165) is 25.9 Å². The van der Waals surface area contributed by atoms with E-state index in [1.807, 2.05) is 0 Å². The number of rotatable bonds is 4. The molecule has 0 spiro atoms. The average Bonchev–Trinajstić information content (AvgIpc) is 2.21. The van der Waals surface area contributed by atoms with Crippen LogP contribution in [0.15, 0.2) is 0 Å². The molecule has 1 rings (SSSR count). The Morgan fingerprint density at radius 3 is 2.93 bits per heavy atom. The molecule has 1 saturated heterocycles. The molecule has 1 aliphatic rings. The highest BCUT2D eigenvalue weighted by molar-refractivity contribution is 5.76. The fourth-order valence-electron chi connectivity index (χ4n) is 1.91. The zero-order valence-corrected chi connectivity index (χ0v) is 10.2. The van der Waals surface area contributed by atoms with Gasteiger partial charge in [-0.15, -0.1) is 0 Å². The molecule has 1 amide bonds. The predicted octanol–water partition coefficient (Wildman–Crippen LogP) is 1.54. The highest BCUT2D eigenvalue weighted by Gasteiger charge is 2.22. The van der Waals surface area contributed by atoms with Crippen molar-refractivity contribution in [3.63, 3.8) is 0 Å². The maximum absolute atomic E-state index is 11.7. The summed E-state index contributed by atoms with van der Waals surface area (Å²) in [5.74, 6) is 1.31. The van der Waals surface area contributed by atoms with Crippen molar-refractivity contribution in [1.82, 2.24) is 10.6 Å². The van der Waals surface area contributed by atoms with Gasteiger partial charge in [-0.05, 0) is 24.8 Å². The summed E-state index contributed by atoms with van der Waals surface area (Å²) >= 11 is 0. The fraction of sp³-hybridized carbons (Fsp3) is 0.917. The van der Waals surface area contributed by atoms with E-state index in [-0.39, 0.29) is 5.91 Å². The van der Waals surface area contributed by atoms with E-state index < -0.39 is 0 Å². The molecule has 0 aromatic heterocycles. The highest BCUT2D eigenvalue weighted by Crippen LogP contribution is 2.12. The van der Waals surface area contributed by atoms with E-state index in [9.17, 15) is 4.79 Å². The lowest BCUT2D eigenvalue weighted by Gasteiger charge is -2.30. The minimum absolute atomic E-state index is 0.213. The molecular formula is C12H24N2O. The number of hydrogen-bond donors (Lipinski definition) is 2. The van der Waals surface area contributed by atoms with E-state index in [4.69, 9.17) is 0 Å². The molecule has 3 heteroatoms. The topological polar surface area (TPSA) is 41.1 Å². The first-order valence-electron chi connectivity index (χ1n) is 6.13. The number of amides is 1. The highest BCUT2D eigenvalue weighted by atomic mass is 16.1. The number of piperidine rings is 1. The lowest BCUT2D eigenvalue weighted by atomic mass is 9.94. The van der Waals surface area contributed by atoms with Crippen LogP contribution in [0.2, 0.25) is 0 Å². The molecule has 1 aliphatic heterocycles. The van der Waals surface area contributed by atoms with Crippen LogP contribution >= 0.6 is 0 Å². The van der Waals surface area contributed by atoms with Crippen molar-refractivity contribution in [2.45, 2.75) is 46.1 Å². The Labute approximate surface area is 93.0 Å². The first kappa shape index (κ1) is 12.5. The monoisotopic (exact) mass is 212 g/mol. The minimum Gasteiger partial charge on any atom is -0.352 e. The van der Waals surface area contributed by atoms with Crippen molar-refractivity contribution in [1.29, 1.82) is 0 Å². The van der Waals surface area contributed by atoms with Crippen LogP contribution in [-0.4, -0.2) is 25.0 Å². The number of nitrogens with one attached hydrogen (secondary N) is 2. The lowest BCUT2D eigenvalue weighted by molar-refractivity contribution is -0.123. The second kappa shape index (κ2) is 6.11. The summed E-state index contributed by atoms with van der Waals surface area (Å²) < 4.78 is 0. The molecule has 0 aromatic rings. The summed E-state index contributed by atoms with van der Waals surface area (Å²) in [4.78, 5) is 11.7. The van der Waals surface area contributed by atoms with Gasteiger partial charge in [0.15, 0.2) is 0 Å². The van der Waals surface area contributed by atoms with Gasteiger partial charge < -0.3 is 10.6 Å². The fourth-order valence-corrected chi connectivity index (χ4v) is 1.91. The zero-order valence-electron chi connectivity index (χ0n) is 10.2. The summed E-state index contributed by atoms with van der Waals surface area (Å²) in [6.45, 7) is 8.48. The van der Waals surface area contributed by atoms with Gasteiger partial charge >= 0.3 is 0 Å². The first-order valence-corrected chi connectivity index (χ1v) is 6.13. The van der Waals surface area contributed by atoms with Gasteiger partial charge in [-0.3, -0.25) is 4.79 Å². The van der Waals surface area contributed by atoms with E-state index >= 15 is 0 Å². The van der Waals surface area contributed by atoms with Crippen LogP contribution in [-0.2, 0) is 4.79 Å². The standard InChI is InChI=1S/C12H24N2O/c1-4-9(2)7-12(15)14-11-8-13-6-5-10(11)3/h9-11,13H,4-8H2,1-3H3,(H,14,15). The predicted molar refractivity (Wildman–Crippen MR) is 62.7 cm³/mol. The van der Waals surface area contributed by atoms with Crippen LogP contribution in [0.25, 0.3) is 0 Å². The van der Waals surface area contributed by atoms with Crippen molar-refractivity contribution in [3.05, 3.63) is 0 Å². The molecule has 0 bridgehead atoms. The van der Waals surface area contributed by atoms with E-state index in [1.54, 1.807) is 0 Å². The molecule has 3 nitrogen and oxygen atoms in total. The summed E-state index contributed by atoms with van der Waals surface area (Å²) in [7, 11) is 0. The van der Waals surface area contributed by atoms with Gasteiger partial charge in [-0.25, -0.2) is 0 Å². The van der Waals surface area contributed by atoms with Crippen LogP contribution in [0.1, 0.15) is 40.0 Å². The number of carbonyl (C=O) groups is 1. The number of carbonyl (C=O) groups excluding carboxylic acids is 1. The van der Waals surface area contributed by atoms with Crippen molar-refractivity contribution >= 4 is 5.91 Å². The molecule has 0 radical (unpaired) electrons. The second-order valence-corrected chi connectivity index (χ2v) is 4.86. The van der Waals surface area contributed by atoms with Gasteiger partial charge in [-0.2, -0.15) is 0 Å². The molecule has 88 valence electrons. The third kappa shape index (κ3) is 4.20. The normalized spacial score (nSPS) is 28.5. The lowest BCUT2D eigenvalue weighted by Crippen LogP contribution is -2.50. The van der Waals surface area contributed by atoms with E-state index in [1.165, 1.54) is 0 Å². The Kier molecular flexibility index (Phi) is 5.09. The quantitative estimate of drug-likeness (QED) is 0.742. The Bertz CT molecular complexity index is 206. The molecule has 3 atom stereocenters. The molecule has 3 unspecified atom stereocenters. The van der Waals surface area contributed by atoms with Gasteiger partial charge in [0.05, 0.1) is 0 Å². The summed E-state index contributed by atoms with van der Waals surface area (Å²) in [5, 5.41) is 6.46. The Morgan fingerprint density at radius 1 is 1.60 bits per heavy atom. The summed E-state index contributed by atoms with van der Waals surface area (Å²) in [5.41, 5.74) is 0. The van der Waals surface area contributed by atoms with Crippen molar-refractivity contribution in [2.24, 2.45) is 11.8 Å². The van der Waals surface area contributed by atoms with Crippen LogP contribution in [0.5, 0.6) is 0 Å². The van der Waals surface area contributed by atoms with Crippen LogP contribution < -0.4 is 10.6 Å². The van der Waals surface area contributed by atoms with Gasteiger partial charge in [0, 0.05) is 19.0 Å². The second-order valence-electron chi connectivity index (χ2n) is 4.86. The largest absolute Gasteiger partial charge is 0.352 e. The molecule has 15 heavy (non-hydrogen) atoms. The van der Waals surface area contributed by atoms with Crippen LogP contribution in [0.4, 0.5) is 0 Å². The van der Waals surface area contributed by atoms with Crippen molar-refractivity contribution in [3.8, 4) is 0 Å². The Morgan fingerprint density at radius 2 is 2.33 bits per heavy atom. The summed E-state index contributed by atoms with van der Waals surface area (Å²) in [6.07, 6.45) is 2.90. The molecule has 0 aliphatic carbocycles. The van der Waals surface area contributed by atoms with Crippen molar-refractivity contribution in [2.75, 3.05) is 13.1 Å². The average molecular weight is 212 g/mol. The van der Waals surface area contributed by atoms with Gasteiger partial charge in [0.2, 0.25) is 5.91 Å².